The van der Waals surface area contributed by atoms with E-state index in [0.29, 0.717) is 0 Å². The van der Waals surface area contributed by atoms with Crippen LogP contribution in [0.4, 0.5) is 16.2 Å². The summed E-state index contributed by atoms with van der Waals surface area (Å²) in [6.07, 6.45) is 5.48. The van der Waals surface area contributed by atoms with Crippen LogP contribution < -0.4 is 5.32 Å². The van der Waals surface area contributed by atoms with E-state index in [2.05, 4.69) is 5.32 Å². The van der Waals surface area contributed by atoms with Crippen LogP contribution in [0.3, 0.4) is 0 Å². The lowest BCUT2D eigenvalue weighted by atomic mass is 9.95. The van der Waals surface area contributed by atoms with Crippen LogP contribution in [-0.4, -0.2) is 28.9 Å². The van der Waals surface area contributed by atoms with E-state index >= 15 is 0 Å². The van der Waals surface area contributed by atoms with Gasteiger partial charge in [0, 0.05) is 19.2 Å². The molecular weight excluding hydrogens is 282 g/mol. The molecule has 120 valence electrons. The number of urea groups is 1. The highest BCUT2D eigenvalue weighted by Crippen LogP contribution is 2.29. The van der Waals surface area contributed by atoms with E-state index in [-0.39, 0.29) is 23.4 Å². The maximum absolute atomic E-state index is 12.4. The SMILES string of the molecule is Cc1cc(NC(=O)N(C)C2CCCCC2)c([N+](=O)[O-])cc1C. The monoisotopic (exact) mass is 305 g/mol. The number of carbonyl (C=O) groups is 1. The number of amides is 2. The summed E-state index contributed by atoms with van der Waals surface area (Å²) < 4.78 is 0. The molecule has 6 nitrogen and oxygen atoms in total. The zero-order valence-electron chi connectivity index (χ0n) is 13.4. The second kappa shape index (κ2) is 6.77. The molecule has 0 saturated heterocycles. The Hall–Kier alpha value is -2.11. The van der Waals surface area contributed by atoms with E-state index in [4.69, 9.17) is 0 Å². The fourth-order valence-electron chi connectivity index (χ4n) is 2.89. The van der Waals surface area contributed by atoms with E-state index in [0.717, 1.165) is 36.8 Å². The van der Waals surface area contributed by atoms with Gasteiger partial charge in [0.2, 0.25) is 0 Å². The van der Waals surface area contributed by atoms with Gasteiger partial charge in [-0.25, -0.2) is 4.79 Å². The normalized spacial score (nSPS) is 15.4. The lowest BCUT2D eigenvalue weighted by Gasteiger charge is -2.31. The van der Waals surface area contributed by atoms with E-state index in [1.165, 1.54) is 12.5 Å². The number of hydrogen-bond donors (Lipinski definition) is 1. The second-order valence-electron chi connectivity index (χ2n) is 6.04. The summed E-state index contributed by atoms with van der Waals surface area (Å²) in [7, 11) is 1.76. The summed E-state index contributed by atoms with van der Waals surface area (Å²) in [4.78, 5) is 24.8. The van der Waals surface area contributed by atoms with Gasteiger partial charge in [0.25, 0.3) is 5.69 Å². The van der Waals surface area contributed by atoms with Crippen LogP contribution in [0.1, 0.15) is 43.2 Å². The third-order valence-electron chi connectivity index (χ3n) is 4.49. The Kier molecular flexibility index (Phi) is 5.00. The second-order valence-corrected chi connectivity index (χ2v) is 6.04. The van der Waals surface area contributed by atoms with Gasteiger partial charge in [0.05, 0.1) is 4.92 Å². The van der Waals surface area contributed by atoms with Gasteiger partial charge >= 0.3 is 6.03 Å². The number of nitro groups is 1. The van der Waals surface area contributed by atoms with Crippen molar-refractivity contribution in [3.05, 3.63) is 33.4 Å². The van der Waals surface area contributed by atoms with E-state index in [1.807, 2.05) is 13.8 Å². The number of benzene rings is 1. The third kappa shape index (κ3) is 3.55. The molecule has 2 amide bonds. The summed E-state index contributed by atoms with van der Waals surface area (Å²) in [6.45, 7) is 3.70. The Balaban J connectivity index is 2.16. The molecule has 22 heavy (non-hydrogen) atoms. The Labute approximate surface area is 130 Å². The zero-order valence-corrected chi connectivity index (χ0v) is 13.4. The van der Waals surface area contributed by atoms with Crippen LogP contribution in [0.25, 0.3) is 0 Å². The molecule has 0 atom stereocenters. The van der Waals surface area contributed by atoms with Crippen LogP contribution >= 0.6 is 0 Å². The molecule has 0 heterocycles. The minimum absolute atomic E-state index is 0.0616. The van der Waals surface area contributed by atoms with Crippen LogP contribution in [0.5, 0.6) is 0 Å². The van der Waals surface area contributed by atoms with Crippen molar-refractivity contribution in [1.29, 1.82) is 0 Å². The quantitative estimate of drug-likeness (QED) is 0.677. The highest BCUT2D eigenvalue weighted by molar-refractivity contribution is 5.92. The van der Waals surface area contributed by atoms with Crippen LogP contribution in [0, 0.1) is 24.0 Å². The predicted octanol–water partition coefficient (Wildman–Crippen LogP) is 4.01. The smallest absolute Gasteiger partial charge is 0.322 e. The van der Waals surface area contributed by atoms with Gasteiger partial charge in [-0.05, 0) is 43.9 Å². The average molecular weight is 305 g/mol. The van der Waals surface area contributed by atoms with Crippen molar-refractivity contribution in [2.75, 3.05) is 12.4 Å². The van der Waals surface area contributed by atoms with Gasteiger partial charge in [-0.3, -0.25) is 10.1 Å². The van der Waals surface area contributed by atoms with Gasteiger partial charge in [0.15, 0.2) is 0 Å². The molecule has 0 spiro atoms. The number of hydrogen-bond acceptors (Lipinski definition) is 3. The van der Waals surface area contributed by atoms with Crippen molar-refractivity contribution in [2.24, 2.45) is 0 Å². The maximum Gasteiger partial charge on any atom is 0.322 e. The number of nitrogens with one attached hydrogen (secondary N) is 1. The van der Waals surface area contributed by atoms with Crippen LogP contribution in [0.2, 0.25) is 0 Å². The molecule has 1 aromatic carbocycles. The van der Waals surface area contributed by atoms with Gasteiger partial charge < -0.3 is 10.2 Å². The first-order valence-corrected chi connectivity index (χ1v) is 7.69. The zero-order chi connectivity index (χ0) is 16.3. The first-order chi connectivity index (χ1) is 10.4. The van der Waals surface area contributed by atoms with Crippen molar-refractivity contribution in [2.45, 2.75) is 52.0 Å². The molecule has 6 heteroatoms. The lowest BCUT2D eigenvalue weighted by Crippen LogP contribution is -2.41. The summed E-state index contributed by atoms with van der Waals surface area (Å²) in [5.74, 6) is 0. The first-order valence-electron chi connectivity index (χ1n) is 7.69. The first kappa shape index (κ1) is 16.3. The van der Waals surface area contributed by atoms with Crippen LogP contribution in [0.15, 0.2) is 12.1 Å². The fraction of sp³-hybridized carbons (Fsp3) is 0.562. The minimum Gasteiger partial charge on any atom is -0.325 e. The van der Waals surface area contributed by atoms with Gasteiger partial charge in [-0.1, -0.05) is 19.3 Å². The average Bonchev–Trinajstić information content (AvgIpc) is 2.50. The Morgan fingerprint density at radius 1 is 1.23 bits per heavy atom. The topological polar surface area (TPSA) is 75.5 Å². The van der Waals surface area contributed by atoms with Crippen molar-refractivity contribution in [1.82, 2.24) is 4.90 Å². The molecule has 1 aliphatic carbocycles. The molecule has 0 radical (unpaired) electrons. The van der Waals surface area contributed by atoms with Crippen molar-refractivity contribution in [3.8, 4) is 0 Å². The molecular formula is C16H23N3O3. The largest absolute Gasteiger partial charge is 0.325 e. The fourth-order valence-corrected chi connectivity index (χ4v) is 2.89. The summed E-state index contributed by atoms with van der Waals surface area (Å²) in [5, 5.41) is 13.9. The molecule has 0 bridgehead atoms. The highest BCUT2D eigenvalue weighted by atomic mass is 16.6. The lowest BCUT2D eigenvalue weighted by molar-refractivity contribution is -0.384. The van der Waals surface area contributed by atoms with Crippen molar-refractivity contribution < 1.29 is 9.72 Å². The van der Waals surface area contributed by atoms with Crippen LogP contribution in [-0.2, 0) is 0 Å². The molecule has 1 aromatic rings. The van der Waals surface area contributed by atoms with Gasteiger partial charge in [-0.15, -0.1) is 0 Å². The highest BCUT2D eigenvalue weighted by Gasteiger charge is 2.24. The standard InChI is InChI=1S/C16H23N3O3/c1-11-9-14(15(19(21)22)10-12(11)2)17-16(20)18(3)13-7-5-4-6-8-13/h9-10,13H,4-8H2,1-3H3,(H,17,20). The van der Waals surface area contributed by atoms with E-state index < -0.39 is 4.92 Å². The number of aryl methyl sites for hydroxylation is 2. The number of nitro benzene ring substituents is 1. The van der Waals surface area contributed by atoms with E-state index in [1.54, 1.807) is 18.0 Å². The molecule has 1 aliphatic rings. The van der Waals surface area contributed by atoms with E-state index in [9.17, 15) is 14.9 Å². The summed E-state index contributed by atoms with van der Waals surface area (Å²) in [6, 6.07) is 3.11. The van der Waals surface area contributed by atoms with Gasteiger partial charge in [-0.2, -0.15) is 0 Å². The number of rotatable bonds is 3. The minimum atomic E-state index is -0.456. The number of nitrogens with zero attached hydrogens (tertiary/aromatic N) is 2. The number of carbonyl (C=O) groups excluding carboxylic acids is 1. The molecule has 0 aromatic heterocycles. The molecule has 1 N–H and O–H groups in total. The van der Waals surface area contributed by atoms with Crippen molar-refractivity contribution in [3.63, 3.8) is 0 Å². The predicted molar refractivity (Wildman–Crippen MR) is 86.2 cm³/mol. The van der Waals surface area contributed by atoms with Crippen molar-refractivity contribution >= 4 is 17.4 Å². The third-order valence-corrected chi connectivity index (χ3v) is 4.49. The maximum atomic E-state index is 12.4. The van der Waals surface area contributed by atoms with Gasteiger partial charge in [0.1, 0.15) is 5.69 Å². The Bertz CT molecular complexity index is 580. The molecule has 1 fully saturated rings. The molecule has 1 saturated carbocycles. The molecule has 0 unspecified atom stereocenters. The number of anilines is 1. The molecule has 0 aliphatic heterocycles. The summed E-state index contributed by atoms with van der Waals surface area (Å²) >= 11 is 0. The Morgan fingerprint density at radius 2 is 1.82 bits per heavy atom. The Morgan fingerprint density at radius 3 is 2.41 bits per heavy atom. The molecule has 2 rings (SSSR count). The summed E-state index contributed by atoms with van der Waals surface area (Å²) in [5.41, 5.74) is 1.96.